The summed E-state index contributed by atoms with van der Waals surface area (Å²) in [5, 5.41) is -1.45. The number of unbranched alkanes of at least 4 members (excludes halogenated alkanes) is 28. The second-order valence-corrected chi connectivity index (χ2v) is 17.4. The van der Waals surface area contributed by atoms with Gasteiger partial charge in [0.2, 0.25) is 0 Å². The summed E-state index contributed by atoms with van der Waals surface area (Å²) in [7, 11) is 0. The molecule has 0 aliphatic carbocycles. The van der Waals surface area contributed by atoms with Crippen LogP contribution in [0.2, 0.25) is 0 Å². The van der Waals surface area contributed by atoms with Crippen LogP contribution in [0.25, 0.3) is 0 Å². The summed E-state index contributed by atoms with van der Waals surface area (Å²) in [4.78, 5) is 47.4. The van der Waals surface area contributed by atoms with Gasteiger partial charge in [0, 0.05) is 0 Å². The van der Waals surface area contributed by atoms with Crippen molar-refractivity contribution in [2.75, 3.05) is 26.4 Å². The Hall–Kier alpha value is -1.42. The highest BCUT2D eigenvalue weighted by molar-refractivity contribution is 7.82. The minimum absolute atomic E-state index is 0.0175. The predicted molar refractivity (Wildman–Crippen MR) is 249 cm³/mol. The molecule has 0 fully saturated rings. The molecule has 0 radical (unpaired) electrons. The lowest BCUT2D eigenvalue weighted by Crippen LogP contribution is -2.23. The average Bonchev–Trinajstić information content (AvgIpc) is 3.21. The SMILES string of the molecule is CCCCCCCCCCOC(=O)CC(S)C(=O)OCCCCCCCCCC.CCCCCCCCCCOC(=O)CC(S)C(=O)OCCCCCCCCCC. The summed E-state index contributed by atoms with van der Waals surface area (Å²) in [5.74, 6) is -1.56. The van der Waals surface area contributed by atoms with Crippen molar-refractivity contribution in [2.24, 2.45) is 0 Å². The molecular weight excluding hydrogens is 769 g/mol. The molecule has 0 saturated heterocycles. The van der Waals surface area contributed by atoms with Gasteiger partial charge < -0.3 is 18.9 Å². The lowest BCUT2D eigenvalue weighted by Gasteiger charge is -2.11. The van der Waals surface area contributed by atoms with E-state index in [0.29, 0.717) is 26.4 Å². The van der Waals surface area contributed by atoms with Gasteiger partial charge in [0.1, 0.15) is 10.5 Å². The van der Waals surface area contributed by atoms with Gasteiger partial charge in [-0.1, -0.05) is 207 Å². The van der Waals surface area contributed by atoms with Gasteiger partial charge in [-0.3, -0.25) is 19.2 Å². The molecule has 0 amide bonds. The lowest BCUT2D eigenvalue weighted by molar-refractivity contribution is -0.149. The fourth-order valence-corrected chi connectivity index (χ4v) is 6.90. The minimum Gasteiger partial charge on any atom is -0.466 e. The van der Waals surface area contributed by atoms with Gasteiger partial charge in [-0.15, -0.1) is 0 Å². The maximum Gasteiger partial charge on any atom is 0.319 e. The highest BCUT2D eigenvalue weighted by Crippen LogP contribution is 2.14. The standard InChI is InChI=1S/2C24H46O4S/c2*1-3-5-7-9-11-13-15-17-19-27-23(25)21-22(29)24(26)28-20-18-16-14-12-10-8-6-4-2/h2*22,29H,3-21H2,1-2H3. The molecular formula is C48H92O8S2. The first-order valence-electron chi connectivity index (χ1n) is 24.2. The molecule has 58 heavy (non-hydrogen) atoms. The van der Waals surface area contributed by atoms with Crippen LogP contribution in [0.4, 0.5) is 0 Å². The predicted octanol–water partition coefficient (Wildman–Crippen LogP) is 14.1. The lowest BCUT2D eigenvalue weighted by atomic mass is 10.1. The number of thiol groups is 2. The van der Waals surface area contributed by atoms with Gasteiger partial charge in [0.15, 0.2) is 0 Å². The van der Waals surface area contributed by atoms with E-state index in [4.69, 9.17) is 18.9 Å². The maximum absolute atomic E-state index is 11.9. The zero-order chi connectivity index (χ0) is 43.2. The highest BCUT2D eigenvalue weighted by atomic mass is 32.1. The molecule has 0 heterocycles. The van der Waals surface area contributed by atoms with Crippen LogP contribution in [-0.4, -0.2) is 60.8 Å². The van der Waals surface area contributed by atoms with Crippen molar-refractivity contribution in [3.8, 4) is 0 Å². The van der Waals surface area contributed by atoms with Crippen molar-refractivity contribution in [2.45, 2.75) is 257 Å². The molecule has 344 valence electrons. The van der Waals surface area contributed by atoms with Gasteiger partial charge in [-0.2, -0.15) is 25.3 Å². The van der Waals surface area contributed by atoms with Gasteiger partial charge in [0.25, 0.3) is 0 Å². The number of esters is 4. The molecule has 10 heteroatoms. The largest absolute Gasteiger partial charge is 0.466 e. The second kappa shape index (κ2) is 48.2. The molecule has 0 spiro atoms. The van der Waals surface area contributed by atoms with Crippen LogP contribution in [0.15, 0.2) is 0 Å². The Morgan fingerprint density at radius 2 is 0.500 bits per heavy atom. The Labute approximate surface area is 368 Å². The molecule has 0 aromatic carbocycles. The van der Waals surface area contributed by atoms with E-state index in [1.54, 1.807) is 0 Å². The summed E-state index contributed by atoms with van der Waals surface area (Å²) < 4.78 is 20.9. The molecule has 0 aromatic rings. The highest BCUT2D eigenvalue weighted by Gasteiger charge is 2.21. The van der Waals surface area contributed by atoms with E-state index in [2.05, 4.69) is 53.0 Å². The third-order valence-corrected chi connectivity index (χ3v) is 11.1. The van der Waals surface area contributed by atoms with Crippen LogP contribution in [0.5, 0.6) is 0 Å². The zero-order valence-corrected chi connectivity index (χ0v) is 40.0. The van der Waals surface area contributed by atoms with Crippen molar-refractivity contribution in [3.05, 3.63) is 0 Å². The van der Waals surface area contributed by atoms with Crippen molar-refractivity contribution < 1.29 is 38.1 Å². The van der Waals surface area contributed by atoms with E-state index < -0.39 is 22.4 Å². The van der Waals surface area contributed by atoms with E-state index in [1.807, 2.05) is 0 Å². The molecule has 0 aliphatic rings. The molecule has 2 unspecified atom stereocenters. The number of rotatable bonds is 42. The van der Waals surface area contributed by atoms with E-state index in [0.717, 1.165) is 51.4 Å². The van der Waals surface area contributed by atoms with E-state index >= 15 is 0 Å². The summed E-state index contributed by atoms with van der Waals surface area (Å²) in [5.41, 5.74) is 0. The van der Waals surface area contributed by atoms with Crippen molar-refractivity contribution in [3.63, 3.8) is 0 Å². The summed E-state index contributed by atoms with van der Waals surface area (Å²) in [6, 6.07) is 0. The van der Waals surface area contributed by atoms with Crippen LogP contribution in [-0.2, 0) is 38.1 Å². The van der Waals surface area contributed by atoms with E-state index in [9.17, 15) is 19.2 Å². The third kappa shape index (κ3) is 45.7. The Balaban J connectivity index is 0. The van der Waals surface area contributed by atoms with Gasteiger partial charge in [-0.25, -0.2) is 0 Å². The zero-order valence-electron chi connectivity index (χ0n) is 38.2. The van der Waals surface area contributed by atoms with Crippen LogP contribution >= 0.6 is 25.3 Å². The quantitative estimate of drug-likeness (QED) is 0.0271. The van der Waals surface area contributed by atoms with Gasteiger partial charge >= 0.3 is 23.9 Å². The summed E-state index contributed by atoms with van der Waals surface area (Å²) >= 11 is 8.40. The smallest absolute Gasteiger partial charge is 0.319 e. The summed E-state index contributed by atoms with van der Waals surface area (Å²) in [6.07, 6.45) is 38.5. The van der Waals surface area contributed by atoms with Crippen LogP contribution < -0.4 is 0 Å². The molecule has 8 nitrogen and oxygen atoms in total. The van der Waals surface area contributed by atoms with E-state index in [1.165, 1.54) is 154 Å². The number of carbonyl (C=O) groups excluding carboxylic acids is 4. The molecule has 0 aromatic heterocycles. The second-order valence-electron chi connectivity index (χ2n) is 16.1. The Morgan fingerprint density at radius 3 is 0.724 bits per heavy atom. The topological polar surface area (TPSA) is 105 Å². The first-order valence-corrected chi connectivity index (χ1v) is 25.3. The maximum atomic E-state index is 11.9. The van der Waals surface area contributed by atoms with Crippen LogP contribution in [0, 0.1) is 0 Å². The minimum atomic E-state index is -0.727. The molecule has 2 atom stereocenters. The Morgan fingerprint density at radius 1 is 0.310 bits per heavy atom. The van der Waals surface area contributed by atoms with E-state index in [-0.39, 0.29) is 24.8 Å². The van der Waals surface area contributed by atoms with Crippen molar-refractivity contribution in [1.29, 1.82) is 0 Å². The molecule has 0 bridgehead atoms. The first kappa shape index (κ1) is 58.7. The normalized spacial score (nSPS) is 12.0. The number of carbonyl (C=O) groups is 4. The van der Waals surface area contributed by atoms with Crippen molar-refractivity contribution >= 4 is 49.1 Å². The fourth-order valence-electron chi connectivity index (χ4n) is 6.45. The third-order valence-electron chi connectivity index (χ3n) is 10.3. The number of hydrogen-bond acceptors (Lipinski definition) is 10. The van der Waals surface area contributed by atoms with Gasteiger partial charge in [-0.05, 0) is 25.7 Å². The molecule has 0 N–H and O–H groups in total. The van der Waals surface area contributed by atoms with Crippen molar-refractivity contribution in [1.82, 2.24) is 0 Å². The average molecular weight is 861 g/mol. The fraction of sp³-hybridized carbons (Fsp3) is 0.917. The molecule has 0 rings (SSSR count). The van der Waals surface area contributed by atoms with Gasteiger partial charge in [0.05, 0.1) is 39.3 Å². The first-order chi connectivity index (χ1) is 28.2. The number of hydrogen-bond donors (Lipinski definition) is 2. The Kier molecular flexibility index (Phi) is 48.8. The molecule has 0 saturated carbocycles. The monoisotopic (exact) mass is 861 g/mol. The van der Waals surface area contributed by atoms with Crippen LogP contribution in [0.3, 0.4) is 0 Å². The number of ether oxygens (including phenoxy) is 4. The molecule has 0 aliphatic heterocycles. The van der Waals surface area contributed by atoms with Crippen LogP contribution in [0.1, 0.15) is 246 Å². The summed E-state index contributed by atoms with van der Waals surface area (Å²) in [6.45, 7) is 10.6. The Bertz CT molecular complexity index is 846.